The van der Waals surface area contributed by atoms with E-state index < -0.39 is 17.4 Å². The van der Waals surface area contributed by atoms with Crippen LogP contribution in [0.2, 0.25) is 0 Å². The molecule has 2 N–H and O–H groups in total. The van der Waals surface area contributed by atoms with Crippen molar-refractivity contribution >= 4 is 12.0 Å². The van der Waals surface area contributed by atoms with E-state index in [-0.39, 0.29) is 6.03 Å². The van der Waals surface area contributed by atoms with Crippen LogP contribution in [0.25, 0.3) is 0 Å². The van der Waals surface area contributed by atoms with Crippen molar-refractivity contribution in [3.05, 3.63) is 30.1 Å². The normalized spacial score (nSPS) is 20.9. The predicted molar refractivity (Wildman–Crippen MR) is 77.6 cm³/mol. The molecule has 1 aliphatic heterocycles. The Morgan fingerprint density at radius 2 is 2.29 bits per heavy atom. The molecule has 2 heterocycles. The predicted octanol–water partition coefficient (Wildman–Crippen LogP) is 1.87. The molecule has 1 aliphatic rings. The van der Waals surface area contributed by atoms with Crippen LogP contribution in [0.3, 0.4) is 0 Å². The van der Waals surface area contributed by atoms with Gasteiger partial charge in [-0.2, -0.15) is 0 Å². The van der Waals surface area contributed by atoms with Gasteiger partial charge in [-0.1, -0.05) is 19.9 Å². The van der Waals surface area contributed by atoms with Gasteiger partial charge in [0, 0.05) is 25.5 Å². The Kier molecular flexibility index (Phi) is 4.45. The Bertz CT molecular complexity index is 516. The summed E-state index contributed by atoms with van der Waals surface area (Å²) in [4.78, 5) is 29.2. The molecule has 1 unspecified atom stereocenters. The SMILES string of the molecule is CC1(C)CCCN(C(=O)NCc2cccnc2)C1C(=O)O. The molecule has 0 aliphatic carbocycles. The first-order valence-electron chi connectivity index (χ1n) is 7.08. The summed E-state index contributed by atoms with van der Waals surface area (Å²) in [6.07, 6.45) is 4.96. The first-order chi connectivity index (χ1) is 9.92. The molecule has 0 spiro atoms. The Morgan fingerprint density at radius 1 is 1.52 bits per heavy atom. The van der Waals surface area contributed by atoms with Gasteiger partial charge in [-0.3, -0.25) is 4.98 Å². The minimum absolute atomic E-state index is 0.334. The molecule has 2 amide bonds. The van der Waals surface area contributed by atoms with Crippen molar-refractivity contribution in [1.29, 1.82) is 0 Å². The lowest BCUT2D eigenvalue weighted by molar-refractivity contribution is -0.148. The number of aromatic nitrogens is 1. The topological polar surface area (TPSA) is 82.5 Å². The molecule has 0 aromatic carbocycles. The van der Waals surface area contributed by atoms with Crippen LogP contribution in [0.1, 0.15) is 32.3 Å². The van der Waals surface area contributed by atoms with E-state index in [9.17, 15) is 14.7 Å². The second-order valence-corrected chi connectivity index (χ2v) is 6.05. The number of rotatable bonds is 3. The fourth-order valence-corrected chi connectivity index (χ4v) is 2.86. The van der Waals surface area contributed by atoms with Gasteiger partial charge in [0.15, 0.2) is 0 Å². The zero-order valence-corrected chi connectivity index (χ0v) is 12.4. The average molecular weight is 291 g/mol. The number of aliphatic carboxylic acids is 1. The number of carboxylic acid groups (broad SMARTS) is 1. The molecule has 6 nitrogen and oxygen atoms in total. The minimum atomic E-state index is -0.948. The lowest BCUT2D eigenvalue weighted by Gasteiger charge is -2.43. The van der Waals surface area contributed by atoms with Crippen molar-refractivity contribution < 1.29 is 14.7 Å². The number of carboxylic acids is 1. The van der Waals surface area contributed by atoms with Crippen LogP contribution in [0.5, 0.6) is 0 Å². The number of hydrogen-bond acceptors (Lipinski definition) is 3. The smallest absolute Gasteiger partial charge is 0.327 e. The first kappa shape index (κ1) is 15.3. The molecule has 1 fully saturated rings. The largest absolute Gasteiger partial charge is 0.480 e. The van der Waals surface area contributed by atoms with E-state index in [2.05, 4.69) is 10.3 Å². The number of urea groups is 1. The third kappa shape index (κ3) is 3.51. The number of nitrogens with one attached hydrogen (secondary N) is 1. The molecule has 21 heavy (non-hydrogen) atoms. The van der Waals surface area contributed by atoms with Crippen LogP contribution in [-0.4, -0.2) is 39.6 Å². The summed E-state index contributed by atoms with van der Waals surface area (Å²) in [6.45, 7) is 4.61. The van der Waals surface area contributed by atoms with E-state index in [4.69, 9.17) is 0 Å². The molecular formula is C15H21N3O3. The third-order valence-corrected chi connectivity index (χ3v) is 3.93. The second-order valence-electron chi connectivity index (χ2n) is 6.05. The van der Waals surface area contributed by atoms with Crippen molar-refractivity contribution in [3.8, 4) is 0 Å². The van der Waals surface area contributed by atoms with E-state index in [0.29, 0.717) is 13.1 Å². The zero-order valence-electron chi connectivity index (χ0n) is 12.4. The highest BCUT2D eigenvalue weighted by atomic mass is 16.4. The average Bonchev–Trinajstić information content (AvgIpc) is 2.44. The van der Waals surface area contributed by atoms with Gasteiger partial charge in [-0.15, -0.1) is 0 Å². The van der Waals surface area contributed by atoms with Gasteiger partial charge in [0.1, 0.15) is 6.04 Å². The molecule has 1 aromatic heterocycles. The molecule has 0 saturated carbocycles. The fraction of sp³-hybridized carbons (Fsp3) is 0.533. The summed E-state index contributed by atoms with van der Waals surface area (Å²) in [5.74, 6) is -0.948. The first-order valence-corrected chi connectivity index (χ1v) is 7.08. The molecule has 1 saturated heterocycles. The Labute approximate surface area is 124 Å². The van der Waals surface area contributed by atoms with E-state index in [0.717, 1.165) is 18.4 Å². The lowest BCUT2D eigenvalue weighted by Crippen LogP contribution is -2.58. The van der Waals surface area contributed by atoms with Gasteiger partial charge in [-0.05, 0) is 29.9 Å². The van der Waals surface area contributed by atoms with Crippen LogP contribution in [0.4, 0.5) is 4.79 Å². The zero-order chi connectivity index (χ0) is 15.5. The van der Waals surface area contributed by atoms with Gasteiger partial charge in [-0.25, -0.2) is 9.59 Å². The Hall–Kier alpha value is -2.11. The minimum Gasteiger partial charge on any atom is -0.480 e. The molecule has 6 heteroatoms. The number of amides is 2. The van der Waals surface area contributed by atoms with Crippen molar-refractivity contribution in [2.75, 3.05) is 6.54 Å². The Balaban J connectivity index is 2.04. The maximum Gasteiger partial charge on any atom is 0.327 e. The molecule has 2 rings (SSSR count). The molecule has 114 valence electrons. The van der Waals surface area contributed by atoms with Crippen LogP contribution in [0, 0.1) is 5.41 Å². The van der Waals surface area contributed by atoms with Gasteiger partial charge in [0.25, 0.3) is 0 Å². The van der Waals surface area contributed by atoms with E-state index >= 15 is 0 Å². The monoisotopic (exact) mass is 291 g/mol. The van der Waals surface area contributed by atoms with Crippen molar-refractivity contribution in [2.45, 2.75) is 39.3 Å². The van der Waals surface area contributed by atoms with Crippen LogP contribution in [-0.2, 0) is 11.3 Å². The number of hydrogen-bond donors (Lipinski definition) is 2. The summed E-state index contributed by atoms with van der Waals surface area (Å²) in [5.41, 5.74) is 0.462. The van der Waals surface area contributed by atoms with Gasteiger partial charge < -0.3 is 15.3 Å². The summed E-state index contributed by atoms with van der Waals surface area (Å²) in [5, 5.41) is 12.2. The van der Waals surface area contributed by atoms with E-state index in [1.165, 1.54) is 4.90 Å². The quantitative estimate of drug-likeness (QED) is 0.890. The van der Waals surface area contributed by atoms with Crippen LogP contribution < -0.4 is 5.32 Å². The van der Waals surface area contributed by atoms with E-state index in [1.54, 1.807) is 18.5 Å². The van der Waals surface area contributed by atoms with Crippen molar-refractivity contribution in [2.24, 2.45) is 5.41 Å². The highest BCUT2D eigenvalue weighted by Gasteiger charge is 2.44. The third-order valence-electron chi connectivity index (χ3n) is 3.93. The number of piperidine rings is 1. The van der Waals surface area contributed by atoms with Gasteiger partial charge in [0.05, 0.1) is 0 Å². The lowest BCUT2D eigenvalue weighted by atomic mass is 9.76. The fourth-order valence-electron chi connectivity index (χ4n) is 2.86. The number of carbonyl (C=O) groups is 2. The summed E-state index contributed by atoms with van der Waals surface area (Å²) in [7, 11) is 0. The van der Waals surface area contributed by atoms with E-state index in [1.807, 2.05) is 19.9 Å². The molecular weight excluding hydrogens is 270 g/mol. The number of likely N-dealkylation sites (tertiary alicyclic amines) is 1. The summed E-state index contributed by atoms with van der Waals surface area (Å²) in [6, 6.07) is 2.53. The van der Waals surface area contributed by atoms with Gasteiger partial charge in [0.2, 0.25) is 0 Å². The number of pyridine rings is 1. The second kappa shape index (κ2) is 6.11. The molecule has 1 aromatic rings. The van der Waals surface area contributed by atoms with Crippen molar-refractivity contribution in [3.63, 3.8) is 0 Å². The highest BCUT2D eigenvalue weighted by molar-refractivity contribution is 5.83. The highest BCUT2D eigenvalue weighted by Crippen LogP contribution is 2.35. The molecule has 1 atom stereocenters. The summed E-state index contributed by atoms with van der Waals surface area (Å²) < 4.78 is 0. The Morgan fingerprint density at radius 3 is 2.90 bits per heavy atom. The van der Waals surface area contributed by atoms with Crippen molar-refractivity contribution in [1.82, 2.24) is 15.2 Å². The maximum atomic E-state index is 12.3. The molecule has 0 bridgehead atoms. The summed E-state index contributed by atoms with van der Waals surface area (Å²) >= 11 is 0. The number of carbonyl (C=O) groups excluding carboxylic acids is 1. The number of nitrogens with zero attached hydrogens (tertiary/aromatic N) is 2. The van der Waals surface area contributed by atoms with Crippen LogP contribution >= 0.6 is 0 Å². The maximum absolute atomic E-state index is 12.3. The molecule has 0 radical (unpaired) electrons. The van der Waals surface area contributed by atoms with Gasteiger partial charge >= 0.3 is 12.0 Å². The standard InChI is InChI=1S/C15H21N3O3/c1-15(2)6-4-8-18(12(15)13(19)20)14(21)17-10-11-5-3-7-16-9-11/h3,5,7,9,12H,4,6,8,10H2,1-2H3,(H,17,21)(H,19,20). The van der Waals surface area contributed by atoms with Crippen LogP contribution in [0.15, 0.2) is 24.5 Å².